The summed E-state index contributed by atoms with van der Waals surface area (Å²) in [7, 11) is 0. The van der Waals surface area contributed by atoms with E-state index in [1.807, 2.05) is 30.5 Å². The zero-order chi connectivity index (χ0) is 18.3. The molecule has 7 nitrogen and oxygen atoms in total. The molecule has 0 saturated carbocycles. The van der Waals surface area contributed by atoms with E-state index < -0.39 is 0 Å². The first-order chi connectivity index (χ1) is 12.6. The molecule has 0 spiro atoms. The van der Waals surface area contributed by atoms with Gasteiger partial charge in [0.05, 0.1) is 23.2 Å². The Hall–Kier alpha value is -3.61. The van der Waals surface area contributed by atoms with Gasteiger partial charge in [0.25, 0.3) is 0 Å². The first kappa shape index (κ1) is 15.9. The maximum absolute atomic E-state index is 9.64. The maximum atomic E-state index is 9.64. The molecule has 0 radical (unpaired) electrons. The molecule has 2 N–H and O–H groups in total. The van der Waals surface area contributed by atoms with Gasteiger partial charge in [-0.2, -0.15) is 0 Å². The predicted octanol–water partition coefficient (Wildman–Crippen LogP) is 3.81. The molecular formula is C19H16N4O3. The number of pyridine rings is 1. The van der Waals surface area contributed by atoms with Crippen LogP contribution in [0.3, 0.4) is 0 Å². The van der Waals surface area contributed by atoms with E-state index in [-0.39, 0.29) is 5.75 Å². The Kier molecular flexibility index (Phi) is 3.69. The highest BCUT2D eigenvalue weighted by molar-refractivity contribution is 6.06. The number of fused-ring (bicyclic) bond motifs is 1. The average Bonchev–Trinajstić information content (AvgIpc) is 3.13. The van der Waals surface area contributed by atoms with Gasteiger partial charge in [0.2, 0.25) is 0 Å². The molecule has 3 aromatic heterocycles. The van der Waals surface area contributed by atoms with Crippen molar-refractivity contribution in [3.63, 3.8) is 0 Å². The van der Waals surface area contributed by atoms with Gasteiger partial charge in [-0.15, -0.1) is 0 Å². The number of benzene rings is 1. The minimum absolute atomic E-state index is 0.175. The van der Waals surface area contributed by atoms with Crippen molar-refractivity contribution in [3.05, 3.63) is 59.6 Å². The first-order valence-electron chi connectivity index (χ1n) is 8.01. The van der Waals surface area contributed by atoms with Crippen molar-refractivity contribution in [3.8, 4) is 22.7 Å². The fourth-order valence-electron chi connectivity index (χ4n) is 3.25. The number of oxime groups is 1. The van der Waals surface area contributed by atoms with Crippen LogP contribution in [0.1, 0.15) is 17.0 Å². The number of rotatable bonds is 3. The van der Waals surface area contributed by atoms with Crippen LogP contribution in [0.4, 0.5) is 0 Å². The van der Waals surface area contributed by atoms with E-state index in [0.717, 1.165) is 28.0 Å². The number of aryl methyl sites for hydroxylation is 2. The summed E-state index contributed by atoms with van der Waals surface area (Å²) in [6, 6.07) is 10.6. The van der Waals surface area contributed by atoms with E-state index in [1.54, 1.807) is 30.5 Å². The molecule has 26 heavy (non-hydrogen) atoms. The largest absolute Gasteiger partial charge is 0.508 e. The van der Waals surface area contributed by atoms with Crippen molar-refractivity contribution >= 4 is 17.2 Å². The summed E-state index contributed by atoms with van der Waals surface area (Å²) in [6.07, 6.45) is 3.10. The molecule has 4 rings (SSSR count). The summed E-state index contributed by atoms with van der Waals surface area (Å²) < 4.78 is 7.30. The van der Waals surface area contributed by atoms with Gasteiger partial charge >= 0.3 is 0 Å². The normalized spacial score (nSPS) is 11.6. The molecule has 0 aliphatic heterocycles. The van der Waals surface area contributed by atoms with E-state index in [9.17, 15) is 10.3 Å². The molecule has 3 heterocycles. The van der Waals surface area contributed by atoms with Crippen LogP contribution in [0.2, 0.25) is 0 Å². The Labute approximate surface area is 148 Å². The lowest BCUT2D eigenvalue weighted by molar-refractivity contribution is 0.322. The summed E-state index contributed by atoms with van der Waals surface area (Å²) in [5.74, 6) is 0.826. The molecule has 0 fully saturated rings. The van der Waals surface area contributed by atoms with Gasteiger partial charge in [0.1, 0.15) is 17.2 Å². The van der Waals surface area contributed by atoms with Gasteiger partial charge in [-0.3, -0.25) is 4.57 Å². The number of nitrogens with zero attached hydrogens (tertiary/aromatic N) is 4. The molecule has 4 aromatic rings. The lowest BCUT2D eigenvalue weighted by Gasteiger charge is -2.11. The Morgan fingerprint density at radius 2 is 1.92 bits per heavy atom. The SMILES string of the molecule is Cc1noc(C)c1-c1c(C=NO)c2cccnc2n1-c1ccc(O)cc1. The van der Waals surface area contributed by atoms with Crippen LogP contribution in [0.5, 0.6) is 5.75 Å². The average molecular weight is 348 g/mol. The summed E-state index contributed by atoms with van der Waals surface area (Å²) in [4.78, 5) is 4.52. The van der Waals surface area contributed by atoms with Gasteiger partial charge < -0.3 is 14.8 Å². The zero-order valence-electron chi connectivity index (χ0n) is 14.2. The second kappa shape index (κ2) is 6.03. The fourth-order valence-corrected chi connectivity index (χ4v) is 3.25. The molecule has 0 atom stereocenters. The topological polar surface area (TPSA) is 96.7 Å². The Morgan fingerprint density at radius 3 is 2.58 bits per heavy atom. The smallest absolute Gasteiger partial charge is 0.145 e. The highest BCUT2D eigenvalue weighted by Gasteiger charge is 2.24. The van der Waals surface area contributed by atoms with Crippen molar-refractivity contribution < 1.29 is 14.8 Å². The monoisotopic (exact) mass is 348 g/mol. The van der Waals surface area contributed by atoms with E-state index >= 15 is 0 Å². The summed E-state index contributed by atoms with van der Waals surface area (Å²) in [6.45, 7) is 3.69. The standard InChI is InChI=1S/C19H16N4O3/c1-11-17(12(2)26-22-11)18-16(10-21-25)15-4-3-9-20-19(15)23(18)13-5-7-14(24)8-6-13/h3-10,24-25H,1-2H3. The highest BCUT2D eigenvalue weighted by Crippen LogP contribution is 2.38. The number of hydrogen-bond acceptors (Lipinski definition) is 6. The number of phenolic OH excluding ortho intramolecular Hbond substituents is 1. The lowest BCUT2D eigenvalue weighted by atomic mass is 10.0. The van der Waals surface area contributed by atoms with Crippen molar-refractivity contribution in [1.82, 2.24) is 14.7 Å². The van der Waals surface area contributed by atoms with Crippen molar-refractivity contribution in [2.45, 2.75) is 13.8 Å². The molecular weight excluding hydrogens is 332 g/mol. The van der Waals surface area contributed by atoms with Gasteiger partial charge in [0, 0.05) is 22.8 Å². The Bertz CT molecular complexity index is 1100. The summed E-state index contributed by atoms with van der Waals surface area (Å²) in [5, 5.41) is 27.0. The third-order valence-corrected chi connectivity index (χ3v) is 4.33. The molecule has 0 aliphatic rings. The predicted molar refractivity (Wildman–Crippen MR) is 97.1 cm³/mol. The van der Waals surface area contributed by atoms with Crippen LogP contribution in [-0.4, -0.2) is 31.2 Å². The Balaban J connectivity index is 2.19. The molecule has 0 aliphatic carbocycles. The molecule has 7 heteroatoms. The van der Waals surface area contributed by atoms with Gasteiger partial charge in [-0.1, -0.05) is 10.3 Å². The molecule has 0 saturated heterocycles. The van der Waals surface area contributed by atoms with Crippen LogP contribution in [0.15, 0.2) is 52.3 Å². The molecule has 0 amide bonds. The van der Waals surface area contributed by atoms with Crippen LogP contribution in [0, 0.1) is 13.8 Å². The number of aromatic nitrogens is 3. The third-order valence-electron chi connectivity index (χ3n) is 4.33. The summed E-state index contributed by atoms with van der Waals surface area (Å²) in [5.41, 5.74) is 4.50. The van der Waals surface area contributed by atoms with E-state index in [0.29, 0.717) is 17.0 Å². The third kappa shape index (κ3) is 2.33. The van der Waals surface area contributed by atoms with Crippen molar-refractivity contribution in [2.24, 2.45) is 5.16 Å². The van der Waals surface area contributed by atoms with Gasteiger partial charge in [-0.25, -0.2) is 4.98 Å². The van der Waals surface area contributed by atoms with Gasteiger partial charge in [-0.05, 0) is 50.2 Å². The second-order valence-corrected chi connectivity index (χ2v) is 5.93. The Morgan fingerprint density at radius 1 is 1.15 bits per heavy atom. The highest BCUT2D eigenvalue weighted by atomic mass is 16.5. The molecule has 130 valence electrons. The van der Waals surface area contributed by atoms with Crippen LogP contribution in [-0.2, 0) is 0 Å². The van der Waals surface area contributed by atoms with Crippen LogP contribution in [0.25, 0.3) is 28.0 Å². The number of hydrogen-bond donors (Lipinski definition) is 2. The maximum Gasteiger partial charge on any atom is 0.145 e. The fraction of sp³-hybridized carbons (Fsp3) is 0.105. The number of aromatic hydroxyl groups is 1. The molecule has 0 unspecified atom stereocenters. The summed E-state index contributed by atoms with van der Waals surface area (Å²) >= 11 is 0. The minimum Gasteiger partial charge on any atom is -0.508 e. The molecule has 1 aromatic carbocycles. The van der Waals surface area contributed by atoms with E-state index in [4.69, 9.17) is 4.52 Å². The molecule has 0 bridgehead atoms. The van der Waals surface area contributed by atoms with E-state index in [2.05, 4.69) is 15.3 Å². The van der Waals surface area contributed by atoms with Crippen molar-refractivity contribution in [1.29, 1.82) is 0 Å². The second-order valence-electron chi connectivity index (χ2n) is 5.93. The number of phenols is 1. The van der Waals surface area contributed by atoms with Crippen LogP contribution >= 0.6 is 0 Å². The minimum atomic E-state index is 0.175. The van der Waals surface area contributed by atoms with Crippen molar-refractivity contribution in [2.75, 3.05) is 0 Å². The zero-order valence-corrected chi connectivity index (χ0v) is 14.2. The van der Waals surface area contributed by atoms with Crippen LogP contribution < -0.4 is 0 Å². The quantitative estimate of drug-likeness (QED) is 0.333. The van der Waals surface area contributed by atoms with E-state index in [1.165, 1.54) is 6.21 Å². The lowest BCUT2D eigenvalue weighted by Crippen LogP contribution is -2.00. The van der Waals surface area contributed by atoms with Gasteiger partial charge in [0.15, 0.2) is 0 Å². The first-order valence-corrected chi connectivity index (χ1v) is 8.01.